The van der Waals surface area contributed by atoms with Crippen molar-refractivity contribution in [1.82, 2.24) is 15.5 Å². The summed E-state index contributed by atoms with van der Waals surface area (Å²) in [6, 6.07) is 5.86. The predicted molar refractivity (Wildman–Crippen MR) is 68.4 cm³/mol. The molecule has 1 heterocycles. The average Bonchev–Trinajstić information content (AvgIpc) is 2.85. The molecule has 5 nitrogen and oxygen atoms in total. The number of hydrogen-bond acceptors (Lipinski definition) is 5. The highest BCUT2D eigenvalue weighted by Gasteiger charge is 2.13. The van der Waals surface area contributed by atoms with Crippen molar-refractivity contribution >= 4 is 0 Å². The van der Waals surface area contributed by atoms with Gasteiger partial charge in [0.1, 0.15) is 5.75 Å². The molecule has 0 amide bonds. The van der Waals surface area contributed by atoms with Crippen LogP contribution in [0, 0.1) is 6.92 Å². The minimum absolute atomic E-state index is 0.489. The van der Waals surface area contributed by atoms with Gasteiger partial charge >= 0.3 is 0 Å². The Morgan fingerprint density at radius 1 is 1.39 bits per heavy atom. The maximum atomic E-state index is 5.30. The molecule has 0 fully saturated rings. The van der Waals surface area contributed by atoms with Gasteiger partial charge in [0, 0.05) is 0 Å². The second kappa shape index (κ2) is 5.64. The standard InChI is InChI=1S/C13H17N3O2/c1-4-14-8-12-15-13(18-16-12)10-7-9(2)5-6-11(10)17-3/h5-7,14H,4,8H2,1-3H3. The van der Waals surface area contributed by atoms with Gasteiger partial charge in [-0.3, -0.25) is 0 Å². The number of nitrogens with zero attached hydrogens (tertiary/aromatic N) is 2. The lowest BCUT2D eigenvalue weighted by Crippen LogP contribution is -2.12. The van der Waals surface area contributed by atoms with Gasteiger partial charge in [-0.2, -0.15) is 4.98 Å². The van der Waals surface area contributed by atoms with Crippen LogP contribution in [0.1, 0.15) is 18.3 Å². The van der Waals surface area contributed by atoms with E-state index in [1.807, 2.05) is 32.0 Å². The Morgan fingerprint density at radius 2 is 2.22 bits per heavy atom. The second-order valence-corrected chi connectivity index (χ2v) is 4.00. The third-order valence-electron chi connectivity index (χ3n) is 2.59. The molecule has 0 unspecified atom stereocenters. The van der Waals surface area contributed by atoms with Crippen molar-refractivity contribution in [2.45, 2.75) is 20.4 Å². The number of rotatable bonds is 5. The Hall–Kier alpha value is -1.88. The number of hydrogen-bond donors (Lipinski definition) is 1. The van der Waals surface area contributed by atoms with E-state index in [-0.39, 0.29) is 0 Å². The fourth-order valence-electron chi connectivity index (χ4n) is 1.66. The van der Waals surface area contributed by atoms with Crippen molar-refractivity contribution in [3.05, 3.63) is 29.6 Å². The van der Waals surface area contributed by atoms with Gasteiger partial charge in [-0.15, -0.1) is 0 Å². The molecule has 0 bridgehead atoms. The highest BCUT2D eigenvalue weighted by atomic mass is 16.5. The summed E-state index contributed by atoms with van der Waals surface area (Å²) in [4.78, 5) is 4.35. The Balaban J connectivity index is 2.30. The lowest BCUT2D eigenvalue weighted by molar-refractivity contribution is 0.402. The van der Waals surface area contributed by atoms with Crippen LogP contribution in [0.15, 0.2) is 22.7 Å². The van der Waals surface area contributed by atoms with E-state index < -0.39 is 0 Å². The monoisotopic (exact) mass is 247 g/mol. The Labute approximate surface area is 106 Å². The molecule has 2 aromatic rings. The second-order valence-electron chi connectivity index (χ2n) is 4.00. The fourth-order valence-corrected chi connectivity index (χ4v) is 1.66. The fraction of sp³-hybridized carbons (Fsp3) is 0.385. The van der Waals surface area contributed by atoms with Crippen LogP contribution in [-0.4, -0.2) is 23.8 Å². The van der Waals surface area contributed by atoms with Crippen LogP contribution >= 0.6 is 0 Å². The molecule has 1 aromatic carbocycles. The normalized spacial score (nSPS) is 10.6. The predicted octanol–water partition coefficient (Wildman–Crippen LogP) is 2.16. The zero-order valence-corrected chi connectivity index (χ0v) is 10.9. The van der Waals surface area contributed by atoms with E-state index in [9.17, 15) is 0 Å². The molecular formula is C13H17N3O2. The summed E-state index contributed by atoms with van der Waals surface area (Å²) in [7, 11) is 1.63. The lowest BCUT2D eigenvalue weighted by atomic mass is 10.1. The maximum Gasteiger partial charge on any atom is 0.261 e. The van der Waals surface area contributed by atoms with Gasteiger partial charge in [-0.05, 0) is 25.6 Å². The minimum Gasteiger partial charge on any atom is -0.496 e. The minimum atomic E-state index is 0.489. The van der Waals surface area contributed by atoms with Crippen LogP contribution in [-0.2, 0) is 6.54 Å². The maximum absolute atomic E-state index is 5.30. The molecule has 0 saturated carbocycles. The number of benzene rings is 1. The summed E-state index contributed by atoms with van der Waals surface area (Å²) in [5.74, 6) is 1.87. The van der Waals surface area contributed by atoms with Crippen LogP contribution in [0.4, 0.5) is 0 Å². The van der Waals surface area contributed by atoms with Gasteiger partial charge in [0.15, 0.2) is 5.82 Å². The quantitative estimate of drug-likeness (QED) is 0.877. The van der Waals surface area contributed by atoms with Crippen LogP contribution in [0.3, 0.4) is 0 Å². The van der Waals surface area contributed by atoms with Crippen molar-refractivity contribution in [3.8, 4) is 17.2 Å². The summed E-state index contributed by atoms with van der Waals surface area (Å²) in [5.41, 5.74) is 1.95. The molecule has 0 spiro atoms. The molecule has 5 heteroatoms. The number of aryl methyl sites for hydroxylation is 1. The lowest BCUT2D eigenvalue weighted by Gasteiger charge is -2.05. The highest BCUT2D eigenvalue weighted by molar-refractivity contribution is 5.63. The van der Waals surface area contributed by atoms with E-state index in [4.69, 9.17) is 9.26 Å². The molecule has 0 aliphatic heterocycles. The van der Waals surface area contributed by atoms with Gasteiger partial charge in [0.2, 0.25) is 0 Å². The van der Waals surface area contributed by atoms with Crippen molar-refractivity contribution in [2.24, 2.45) is 0 Å². The van der Waals surface area contributed by atoms with Crippen molar-refractivity contribution in [1.29, 1.82) is 0 Å². The van der Waals surface area contributed by atoms with E-state index >= 15 is 0 Å². The van der Waals surface area contributed by atoms with E-state index in [2.05, 4.69) is 15.5 Å². The van der Waals surface area contributed by atoms with Crippen molar-refractivity contribution in [2.75, 3.05) is 13.7 Å². The van der Waals surface area contributed by atoms with Crippen molar-refractivity contribution in [3.63, 3.8) is 0 Å². The molecule has 0 saturated heterocycles. The van der Waals surface area contributed by atoms with Gasteiger partial charge in [-0.25, -0.2) is 0 Å². The van der Waals surface area contributed by atoms with Crippen molar-refractivity contribution < 1.29 is 9.26 Å². The first-order valence-electron chi connectivity index (χ1n) is 5.93. The molecule has 1 N–H and O–H groups in total. The van der Waals surface area contributed by atoms with Gasteiger partial charge in [0.05, 0.1) is 19.2 Å². The molecule has 0 aliphatic carbocycles. The van der Waals surface area contributed by atoms with E-state index in [0.717, 1.165) is 23.4 Å². The Kier molecular flexibility index (Phi) is 3.94. The average molecular weight is 247 g/mol. The van der Waals surface area contributed by atoms with Crippen LogP contribution < -0.4 is 10.1 Å². The zero-order valence-electron chi connectivity index (χ0n) is 10.9. The molecule has 1 aromatic heterocycles. The first-order chi connectivity index (χ1) is 8.74. The van der Waals surface area contributed by atoms with E-state index in [0.29, 0.717) is 18.3 Å². The van der Waals surface area contributed by atoms with Crippen LogP contribution in [0.5, 0.6) is 5.75 Å². The molecule has 0 radical (unpaired) electrons. The number of ether oxygens (including phenoxy) is 1. The Bertz CT molecular complexity index is 523. The highest BCUT2D eigenvalue weighted by Crippen LogP contribution is 2.29. The largest absolute Gasteiger partial charge is 0.496 e. The molecule has 0 atom stereocenters. The number of methoxy groups -OCH3 is 1. The third-order valence-corrected chi connectivity index (χ3v) is 2.59. The van der Waals surface area contributed by atoms with Gasteiger partial charge in [-0.1, -0.05) is 23.7 Å². The summed E-state index contributed by atoms with van der Waals surface area (Å²) in [6.45, 7) is 5.52. The molecule has 18 heavy (non-hydrogen) atoms. The summed E-state index contributed by atoms with van der Waals surface area (Å²) in [5, 5.41) is 7.08. The van der Waals surface area contributed by atoms with Crippen LogP contribution in [0.25, 0.3) is 11.5 Å². The first kappa shape index (κ1) is 12.6. The van der Waals surface area contributed by atoms with Gasteiger partial charge in [0.25, 0.3) is 5.89 Å². The van der Waals surface area contributed by atoms with E-state index in [1.165, 1.54) is 0 Å². The summed E-state index contributed by atoms with van der Waals surface area (Å²) >= 11 is 0. The number of nitrogens with one attached hydrogen (secondary N) is 1. The smallest absolute Gasteiger partial charge is 0.261 e. The van der Waals surface area contributed by atoms with Gasteiger partial charge < -0.3 is 14.6 Å². The summed E-state index contributed by atoms with van der Waals surface area (Å²) in [6.07, 6.45) is 0. The first-order valence-corrected chi connectivity index (χ1v) is 5.93. The number of aromatic nitrogens is 2. The zero-order chi connectivity index (χ0) is 13.0. The van der Waals surface area contributed by atoms with E-state index in [1.54, 1.807) is 7.11 Å². The molecule has 0 aliphatic rings. The Morgan fingerprint density at radius 3 is 2.94 bits per heavy atom. The topological polar surface area (TPSA) is 60.2 Å². The molecule has 2 rings (SSSR count). The summed E-state index contributed by atoms with van der Waals surface area (Å²) < 4.78 is 10.6. The van der Waals surface area contributed by atoms with Crippen LogP contribution in [0.2, 0.25) is 0 Å². The molecule has 96 valence electrons. The molecular weight excluding hydrogens is 230 g/mol. The third kappa shape index (κ3) is 2.68. The SMILES string of the molecule is CCNCc1noc(-c2cc(C)ccc2OC)n1.